The van der Waals surface area contributed by atoms with Crippen LogP contribution in [0.3, 0.4) is 0 Å². The van der Waals surface area contributed by atoms with Crippen molar-refractivity contribution in [2.45, 2.75) is 17.9 Å². The Morgan fingerprint density at radius 3 is 2.84 bits per heavy atom. The number of hydrogen-bond acceptors (Lipinski definition) is 5. The molecule has 1 saturated heterocycles. The lowest BCUT2D eigenvalue weighted by atomic mass is 10.2. The van der Waals surface area contributed by atoms with Crippen LogP contribution in [0, 0.1) is 6.92 Å². The van der Waals surface area contributed by atoms with E-state index in [1.165, 1.54) is 6.07 Å². The van der Waals surface area contributed by atoms with Crippen LogP contribution in [0.2, 0.25) is 0 Å². The molecule has 1 aliphatic heterocycles. The molecule has 1 aliphatic rings. The molecule has 2 rings (SSSR count). The highest BCUT2D eigenvalue weighted by Gasteiger charge is 2.19. The standard InChI is InChI=1S/C12H18N2O4S/c1-9-6-11(2-3-12(9)13)19(15,16)14-7-10-8-17-4-5-18-10/h2-3,6,10,14H,4-5,7-8,13H2,1H3. The van der Waals surface area contributed by atoms with E-state index in [1.807, 2.05) is 0 Å². The summed E-state index contributed by atoms with van der Waals surface area (Å²) in [6.45, 7) is 3.43. The first-order chi connectivity index (χ1) is 8.99. The van der Waals surface area contributed by atoms with Crippen molar-refractivity contribution in [3.63, 3.8) is 0 Å². The van der Waals surface area contributed by atoms with E-state index in [-0.39, 0.29) is 17.5 Å². The SMILES string of the molecule is Cc1cc(S(=O)(=O)NCC2COCCO2)ccc1N. The molecule has 1 unspecified atom stereocenters. The van der Waals surface area contributed by atoms with Crippen molar-refractivity contribution in [2.24, 2.45) is 0 Å². The number of sulfonamides is 1. The molecule has 0 bridgehead atoms. The van der Waals surface area contributed by atoms with Crippen LogP contribution in [0.5, 0.6) is 0 Å². The molecular formula is C12H18N2O4S. The largest absolute Gasteiger partial charge is 0.399 e. The molecular weight excluding hydrogens is 268 g/mol. The minimum Gasteiger partial charge on any atom is -0.399 e. The molecule has 1 heterocycles. The van der Waals surface area contributed by atoms with E-state index < -0.39 is 10.0 Å². The maximum absolute atomic E-state index is 12.1. The molecule has 0 spiro atoms. The first-order valence-corrected chi connectivity index (χ1v) is 7.52. The molecule has 0 aromatic heterocycles. The number of nitrogen functional groups attached to an aromatic ring is 1. The van der Waals surface area contributed by atoms with E-state index in [0.29, 0.717) is 25.5 Å². The van der Waals surface area contributed by atoms with E-state index in [9.17, 15) is 8.42 Å². The zero-order valence-corrected chi connectivity index (χ0v) is 11.6. The molecule has 0 amide bonds. The van der Waals surface area contributed by atoms with E-state index in [0.717, 1.165) is 5.56 Å². The normalized spacial score (nSPS) is 20.4. The third-order valence-corrected chi connectivity index (χ3v) is 4.36. The molecule has 0 radical (unpaired) electrons. The van der Waals surface area contributed by atoms with Gasteiger partial charge in [-0.2, -0.15) is 0 Å². The molecule has 0 aliphatic carbocycles. The Morgan fingerprint density at radius 1 is 1.42 bits per heavy atom. The van der Waals surface area contributed by atoms with Crippen molar-refractivity contribution in [3.05, 3.63) is 23.8 Å². The van der Waals surface area contributed by atoms with Gasteiger partial charge in [0.25, 0.3) is 0 Å². The number of anilines is 1. The molecule has 106 valence electrons. The van der Waals surface area contributed by atoms with Crippen LogP contribution in [-0.4, -0.2) is 40.9 Å². The van der Waals surface area contributed by atoms with Crippen molar-refractivity contribution in [3.8, 4) is 0 Å². The number of nitrogens with one attached hydrogen (secondary N) is 1. The van der Waals surface area contributed by atoms with E-state index in [1.54, 1.807) is 19.1 Å². The van der Waals surface area contributed by atoms with Crippen molar-refractivity contribution >= 4 is 15.7 Å². The van der Waals surface area contributed by atoms with E-state index >= 15 is 0 Å². The third kappa shape index (κ3) is 3.66. The summed E-state index contributed by atoms with van der Waals surface area (Å²) in [5.74, 6) is 0. The van der Waals surface area contributed by atoms with Crippen LogP contribution < -0.4 is 10.5 Å². The second-order valence-electron chi connectivity index (χ2n) is 4.44. The lowest BCUT2D eigenvalue weighted by molar-refractivity contribution is -0.0846. The van der Waals surface area contributed by atoms with Gasteiger partial charge in [0.05, 0.1) is 30.8 Å². The summed E-state index contributed by atoms with van der Waals surface area (Å²) >= 11 is 0. The molecule has 7 heteroatoms. The fraction of sp³-hybridized carbons (Fsp3) is 0.500. The van der Waals surface area contributed by atoms with Gasteiger partial charge < -0.3 is 15.2 Å². The third-order valence-electron chi connectivity index (χ3n) is 2.94. The fourth-order valence-corrected chi connectivity index (χ4v) is 2.91. The van der Waals surface area contributed by atoms with Gasteiger partial charge in [-0.3, -0.25) is 0 Å². The average Bonchev–Trinajstić information content (AvgIpc) is 2.41. The zero-order valence-electron chi connectivity index (χ0n) is 10.8. The quantitative estimate of drug-likeness (QED) is 0.775. The summed E-state index contributed by atoms with van der Waals surface area (Å²) in [6.07, 6.45) is -0.238. The Labute approximate surface area is 112 Å². The van der Waals surface area contributed by atoms with E-state index in [4.69, 9.17) is 15.2 Å². The topological polar surface area (TPSA) is 90.7 Å². The van der Waals surface area contributed by atoms with Crippen LogP contribution in [0.4, 0.5) is 5.69 Å². The van der Waals surface area contributed by atoms with Crippen molar-refractivity contribution in [2.75, 3.05) is 32.1 Å². The molecule has 0 saturated carbocycles. The van der Waals surface area contributed by atoms with Crippen LogP contribution in [0.15, 0.2) is 23.1 Å². The molecule has 6 nitrogen and oxygen atoms in total. The van der Waals surface area contributed by atoms with Gasteiger partial charge in [-0.25, -0.2) is 13.1 Å². The Bertz CT molecular complexity index is 539. The number of aryl methyl sites for hydroxylation is 1. The Hall–Kier alpha value is -1.15. The molecule has 1 atom stereocenters. The monoisotopic (exact) mass is 286 g/mol. The summed E-state index contributed by atoms with van der Waals surface area (Å²) in [5.41, 5.74) is 6.98. The minimum atomic E-state index is -3.54. The van der Waals surface area contributed by atoms with Gasteiger partial charge in [-0.1, -0.05) is 0 Å². The first-order valence-electron chi connectivity index (χ1n) is 6.04. The smallest absolute Gasteiger partial charge is 0.240 e. The first kappa shape index (κ1) is 14.3. The fourth-order valence-electron chi connectivity index (χ4n) is 1.76. The summed E-state index contributed by atoms with van der Waals surface area (Å²) < 4.78 is 37.3. The zero-order chi connectivity index (χ0) is 13.9. The van der Waals surface area contributed by atoms with Gasteiger partial charge in [0.15, 0.2) is 0 Å². The predicted octanol–water partition coefficient (Wildman–Crippen LogP) is 0.271. The van der Waals surface area contributed by atoms with Crippen LogP contribution in [0.25, 0.3) is 0 Å². The highest BCUT2D eigenvalue weighted by Crippen LogP contribution is 2.16. The van der Waals surface area contributed by atoms with Gasteiger partial charge >= 0.3 is 0 Å². The molecule has 1 fully saturated rings. The number of nitrogens with two attached hydrogens (primary N) is 1. The van der Waals surface area contributed by atoms with Crippen molar-refractivity contribution < 1.29 is 17.9 Å². The number of hydrogen-bond donors (Lipinski definition) is 2. The average molecular weight is 286 g/mol. The van der Waals surface area contributed by atoms with Gasteiger partial charge in [0.1, 0.15) is 0 Å². The van der Waals surface area contributed by atoms with E-state index in [2.05, 4.69) is 4.72 Å². The maximum atomic E-state index is 12.1. The number of ether oxygens (including phenoxy) is 2. The van der Waals surface area contributed by atoms with Crippen molar-refractivity contribution in [1.82, 2.24) is 4.72 Å². The molecule has 1 aromatic rings. The van der Waals surface area contributed by atoms with Crippen LogP contribution in [-0.2, 0) is 19.5 Å². The summed E-state index contributed by atoms with van der Waals surface area (Å²) in [5, 5.41) is 0. The van der Waals surface area contributed by atoms with Crippen LogP contribution in [0.1, 0.15) is 5.56 Å². The molecule has 3 N–H and O–H groups in total. The second-order valence-corrected chi connectivity index (χ2v) is 6.20. The lowest BCUT2D eigenvalue weighted by Gasteiger charge is -2.23. The highest BCUT2D eigenvalue weighted by atomic mass is 32.2. The maximum Gasteiger partial charge on any atom is 0.240 e. The molecule has 19 heavy (non-hydrogen) atoms. The van der Waals surface area contributed by atoms with Gasteiger partial charge in [-0.15, -0.1) is 0 Å². The highest BCUT2D eigenvalue weighted by molar-refractivity contribution is 7.89. The Morgan fingerprint density at radius 2 is 2.21 bits per heavy atom. The van der Waals surface area contributed by atoms with Gasteiger partial charge in [0.2, 0.25) is 10.0 Å². The number of rotatable bonds is 4. The summed E-state index contributed by atoms with van der Waals surface area (Å²) in [6, 6.07) is 4.63. The predicted molar refractivity (Wildman–Crippen MR) is 71.3 cm³/mol. The number of benzene rings is 1. The molecule has 1 aromatic carbocycles. The van der Waals surface area contributed by atoms with Crippen LogP contribution >= 0.6 is 0 Å². The second kappa shape index (κ2) is 5.87. The minimum absolute atomic E-state index is 0.200. The summed E-state index contributed by atoms with van der Waals surface area (Å²) in [4.78, 5) is 0.205. The Balaban J connectivity index is 2.02. The van der Waals surface area contributed by atoms with Crippen molar-refractivity contribution in [1.29, 1.82) is 0 Å². The van der Waals surface area contributed by atoms with Gasteiger partial charge in [-0.05, 0) is 30.7 Å². The summed E-state index contributed by atoms with van der Waals surface area (Å²) in [7, 11) is -3.54. The lowest BCUT2D eigenvalue weighted by Crippen LogP contribution is -2.39. The Kier molecular flexibility index (Phi) is 4.41. The van der Waals surface area contributed by atoms with Gasteiger partial charge in [0, 0.05) is 12.2 Å².